The van der Waals surface area contributed by atoms with Crippen molar-refractivity contribution in [1.29, 1.82) is 0 Å². The number of aliphatic carboxylic acids is 2. The van der Waals surface area contributed by atoms with Gasteiger partial charge in [0.15, 0.2) is 0 Å². The maximum absolute atomic E-state index is 13.8. The van der Waals surface area contributed by atoms with Crippen molar-refractivity contribution in [3.05, 3.63) is 119 Å². The average Bonchev–Trinajstić information content (AvgIpc) is 2.98. The Morgan fingerprint density at radius 3 is 2.17 bits per heavy atom. The third-order valence-corrected chi connectivity index (χ3v) is 7.63. The molecule has 0 saturated carbocycles. The second-order valence-corrected chi connectivity index (χ2v) is 10.7. The fourth-order valence-electron chi connectivity index (χ4n) is 5.06. The molecule has 0 aromatic heterocycles. The standard InChI is InChI=1S/C35H32ClNO5/c1-24(32(28-16-18-31(36)19-17-28)13-7-10-25-8-3-2-4-9-25)37(33(38)21-30(35(41)42)22-34(39)40)23-26-14-15-27-11-5-6-12-29(27)20-26/h2-6,8-9,11-12,14-20,24,30,32H,13,21-23H2,1H3,(H,39,40)(H,41,42). The molecule has 0 heterocycles. The zero-order chi connectivity index (χ0) is 30.1. The fourth-order valence-corrected chi connectivity index (χ4v) is 5.18. The Bertz CT molecular complexity index is 1610. The van der Waals surface area contributed by atoms with Gasteiger partial charge in [-0.15, -0.1) is 0 Å². The Hall–Kier alpha value is -4.60. The number of hydrogen-bond donors (Lipinski definition) is 2. The molecule has 0 spiro atoms. The molecule has 0 saturated heterocycles. The van der Waals surface area contributed by atoms with E-state index in [0.717, 1.165) is 27.5 Å². The molecule has 42 heavy (non-hydrogen) atoms. The number of benzene rings is 4. The van der Waals surface area contributed by atoms with Gasteiger partial charge in [-0.05, 0) is 59.2 Å². The van der Waals surface area contributed by atoms with E-state index in [1.54, 1.807) is 17.0 Å². The van der Waals surface area contributed by atoms with Gasteiger partial charge in [-0.25, -0.2) is 0 Å². The number of nitrogens with zero attached hydrogens (tertiary/aromatic N) is 1. The van der Waals surface area contributed by atoms with Crippen LogP contribution in [0.3, 0.4) is 0 Å². The van der Waals surface area contributed by atoms with Gasteiger partial charge in [0.2, 0.25) is 5.91 Å². The lowest BCUT2D eigenvalue weighted by atomic mass is 9.87. The van der Waals surface area contributed by atoms with Crippen molar-refractivity contribution in [2.24, 2.45) is 5.92 Å². The van der Waals surface area contributed by atoms with Crippen LogP contribution in [0.2, 0.25) is 5.02 Å². The van der Waals surface area contributed by atoms with Crippen LogP contribution in [0, 0.1) is 17.8 Å². The number of carbonyl (C=O) groups excluding carboxylic acids is 1. The van der Waals surface area contributed by atoms with E-state index in [4.69, 9.17) is 11.6 Å². The van der Waals surface area contributed by atoms with Gasteiger partial charge in [-0.3, -0.25) is 14.4 Å². The van der Waals surface area contributed by atoms with Crippen LogP contribution >= 0.6 is 11.6 Å². The Balaban J connectivity index is 1.71. The predicted octanol–water partition coefficient (Wildman–Crippen LogP) is 7.00. The lowest BCUT2D eigenvalue weighted by molar-refractivity contribution is -0.151. The third-order valence-electron chi connectivity index (χ3n) is 7.38. The Labute approximate surface area is 250 Å². The van der Waals surface area contributed by atoms with Crippen LogP contribution in [0.1, 0.15) is 48.8 Å². The Morgan fingerprint density at radius 2 is 1.50 bits per heavy atom. The van der Waals surface area contributed by atoms with Gasteiger partial charge >= 0.3 is 11.9 Å². The molecule has 4 aromatic rings. The van der Waals surface area contributed by atoms with Crippen LogP contribution in [0.5, 0.6) is 0 Å². The monoisotopic (exact) mass is 581 g/mol. The van der Waals surface area contributed by atoms with E-state index in [1.807, 2.05) is 91.9 Å². The molecule has 1 amide bonds. The molecule has 3 atom stereocenters. The first kappa shape index (κ1) is 30.4. The summed E-state index contributed by atoms with van der Waals surface area (Å²) in [4.78, 5) is 38.7. The van der Waals surface area contributed by atoms with Crippen molar-refractivity contribution < 1.29 is 24.6 Å². The largest absolute Gasteiger partial charge is 0.481 e. The van der Waals surface area contributed by atoms with Crippen LogP contribution in [0.4, 0.5) is 0 Å². The highest BCUT2D eigenvalue weighted by Gasteiger charge is 2.32. The van der Waals surface area contributed by atoms with Gasteiger partial charge in [0.05, 0.1) is 12.3 Å². The summed E-state index contributed by atoms with van der Waals surface area (Å²) >= 11 is 6.18. The summed E-state index contributed by atoms with van der Waals surface area (Å²) in [7, 11) is 0. The summed E-state index contributed by atoms with van der Waals surface area (Å²) in [6.45, 7) is 2.15. The second kappa shape index (κ2) is 14.3. The van der Waals surface area contributed by atoms with Crippen LogP contribution in [0.25, 0.3) is 10.8 Å². The highest BCUT2D eigenvalue weighted by Crippen LogP contribution is 2.31. The van der Waals surface area contributed by atoms with Gasteiger partial charge in [-0.1, -0.05) is 90.2 Å². The zero-order valence-electron chi connectivity index (χ0n) is 23.2. The van der Waals surface area contributed by atoms with E-state index in [9.17, 15) is 24.6 Å². The van der Waals surface area contributed by atoms with E-state index in [2.05, 4.69) is 11.8 Å². The first-order valence-electron chi connectivity index (χ1n) is 13.7. The first-order valence-corrected chi connectivity index (χ1v) is 14.1. The van der Waals surface area contributed by atoms with Crippen LogP contribution < -0.4 is 0 Å². The van der Waals surface area contributed by atoms with Crippen molar-refractivity contribution in [2.45, 2.75) is 44.7 Å². The van der Waals surface area contributed by atoms with Gasteiger partial charge in [-0.2, -0.15) is 0 Å². The molecule has 0 aliphatic carbocycles. The molecule has 0 aliphatic rings. The van der Waals surface area contributed by atoms with E-state index in [0.29, 0.717) is 11.4 Å². The lowest BCUT2D eigenvalue weighted by Gasteiger charge is -2.35. The number of hydrogen-bond acceptors (Lipinski definition) is 3. The molecule has 4 rings (SSSR count). The molecule has 0 aliphatic heterocycles. The number of carboxylic acids is 2. The number of carboxylic acid groups (broad SMARTS) is 2. The molecule has 7 heteroatoms. The van der Waals surface area contributed by atoms with E-state index in [-0.39, 0.29) is 12.5 Å². The molecule has 214 valence electrons. The minimum absolute atomic E-state index is 0.223. The number of fused-ring (bicyclic) bond motifs is 1. The minimum Gasteiger partial charge on any atom is -0.481 e. The maximum atomic E-state index is 13.8. The first-order chi connectivity index (χ1) is 20.2. The minimum atomic E-state index is -1.34. The SMILES string of the molecule is CC(C(CC#Cc1ccccc1)c1ccc(Cl)cc1)N(Cc1ccc2ccccc2c1)C(=O)CC(CC(=O)O)C(=O)O. The van der Waals surface area contributed by atoms with Crippen molar-refractivity contribution in [3.8, 4) is 11.8 Å². The molecule has 6 nitrogen and oxygen atoms in total. The predicted molar refractivity (Wildman–Crippen MR) is 164 cm³/mol. The topological polar surface area (TPSA) is 94.9 Å². The molecule has 0 radical (unpaired) electrons. The van der Waals surface area contributed by atoms with Crippen LogP contribution in [-0.2, 0) is 20.9 Å². The molecule has 0 bridgehead atoms. The summed E-state index contributed by atoms with van der Waals surface area (Å²) in [6, 6.07) is 30.5. The highest BCUT2D eigenvalue weighted by molar-refractivity contribution is 6.30. The smallest absolute Gasteiger partial charge is 0.307 e. The molecule has 3 unspecified atom stereocenters. The molecule has 0 fully saturated rings. The van der Waals surface area contributed by atoms with Crippen LogP contribution in [-0.4, -0.2) is 39.0 Å². The average molecular weight is 582 g/mol. The molecule has 2 N–H and O–H groups in total. The van der Waals surface area contributed by atoms with E-state index in [1.165, 1.54) is 0 Å². The van der Waals surface area contributed by atoms with Gasteiger partial charge in [0.1, 0.15) is 0 Å². The number of halogens is 1. The normalized spacial score (nSPS) is 12.9. The summed E-state index contributed by atoms with van der Waals surface area (Å²) < 4.78 is 0. The molecular weight excluding hydrogens is 550 g/mol. The Kier molecular flexibility index (Phi) is 10.4. The van der Waals surface area contributed by atoms with Crippen molar-refractivity contribution in [1.82, 2.24) is 4.90 Å². The van der Waals surface area contributed by atoms with E-state index < -0.39 is 42.6 Å². The van der Waals surface area contributed by atoms with Gasteiger partial charge in [0, 0.05) is 41.9 Å². The lowest BCUT2D eigenvalue weighted by Crippen LogP contribution is -2.43. The zero-order valence-corrected chi connectivity index (χ0v) is 24.0. The van der Waals surface area contributed by atoms with Crippen molar-refractivity contribution in [3.63, 3.8) is 0 Å². The summed E-state index contributed by atoms with van der Waals surface area (Å²) in [5.41, 5.74) is 2.69. The third kappa shape index (κ3) is 8.22. The maximum Gasteiger partial charge on any atom is 0.307 e. The quantitative estimate of drug-likeness (QED) is 0.186. The van der Waals surface area contributed by atoms with Crippen molar-refractivity contribution >= 4 is 40.2 Å². The van der Waals surface area contributed by atoms with Gasteiger partial charge in [0.25, 0.3) is 0 Å². The summed E-state index contributed by atoms with van der Waals surface area (Å²) in [6.07, 6.45) is -0.637. The number of amides is 1. The second-order valence-electron chi connectivity index (χ2n) is 10.3. The van der Waals surface area contributed by atoms with Crippen LogP contribution in [0.15, 0.2) is 97.1 Å². The molecular formula is C35H32ClNO5. The highest BCUT2D eigenvalue weighted by atomic mass is 35.5. The molecule has 4 aromatic carbocycles. The summed E-state index contributed by atoms with van der Waals surface area (Å²) in [5.74, 6) is 1.89. The number of carbonyl (C=O) groups is 3. The van der Waals surface area contributed by atoms with E-state index >= 15 is 0 Å². The summed E-state index contributed by atoms with van der Waals surface area (Å²) in [5, 5.41) is 21.6. The van der Waals surface area contributed by atoms with Crippen molar-refractivity contribution in [2.75, 3.05) is 0 Å². The van der Waals surface area contributed by atoms with Gasteiger partial charge < -0.3 is 15.1 Å². The fraction of sp³-hybridized carbons (Fsp3) is 0.229. The Morgan fingerprint density at radius 1 is 0.833 bits per heavy atom. The number of rotatable bonds is 11.